The highest BCUT2D eigenvalue weighted by Crippen LogP contribution is 2.29. The molecule has 0 aromatic heterocycles. The summed E-state index contributed by atoms with van der Waals surface area (Å²) >= 11 is 6.10. The quantitative estimate of drug-likeness (QED) is 0.681. The number of carbonyl (C=O) groups is 2. The zero-order valence-electron chi connectivity index (χ0n) is 16.2. The molecule has 0 heterocycles. The number of halogens is 1. The Hall–Kier alpha value is -2.53. The lowest BCUT2D eigenvalue weighted by Crippen LogP contribution is -2.41. The van der Waals surface area contributed by atoms with Crippen LogP contribution in [0.4, 0.5) is 11.4 Å². The predicted molar refractivity (Wildman–Crippen MR) is 109 cm³/mol. The van der Waals surface area contributed by atoms with E-state index in [9.17, 15) is 9.59 Å². The van der Waals surface area contributed by atoms with Crippen LogP contribution in [-0.2, 0) is 9.59 Å². The van der Waals surface area contributed by atoms with Crippen molar-refractivity contribution in [2.75, 3.05) is 10.6 Å². The van der Waals surface area contributed by atoms with Crippen LogP contribution in [0.5, 0.6) is 5.75 Å². The fourth-order valence-corrected chi connectivity index (χ4v) is 2.50. The molecule has 2 aromatic rings. The number of hydrogen-bond acceptors (Lipinski definition) is 3. The van der Waals surface area contributed by atoms with E-state index in [4.69, 9.17) is 16.3 Å². The van der Waals surface area contributed by atoms with E-state index >= 15 is 0 Å². The molecule has 0 atom stereocenters. The number of benzene rings is 2. The van der Waals surface area contributed by atoms with Gasteiger partial charge in [-0.05, 0) is 64.4 Å². The summed E-state index contributed by atoms with van der Waals surface area (Å²) in [6, 6.07) is 12.4. The Morgan fingerprint density at radius 2 is 1.52 bits per heavy atom. The summed E-state index contributed by atoms with van der Waals surface area (Å²) < 4.78 is 5.71. The summed E-state index contributed by atoms with van der Waals surface area (Å²) in [5.74, 6) is -0.296. The Kier molecular flexibility index (Phi) is 6.50. The standard InChI is InChI=1S/C21H25ClN2O3/c1-13(2)27-18-12-7-6-10-17(18)24-20(26)21(4,5)19(25)23-16-11-8-9-15(22)14(16)3/h6-13H,1-5H3,(H,23,25)(H,24,26). The number of anilines is 2. The summed E-state index contributed by atoms with van der Waals surface area (Å²) in [4.78, 5) is 25.5. The first-order valence-corrected chi connectivity index (χ1v) is 9.14. The van der Waals surface area contributed by atoms with Crippen LogP contribution in [0.25, 0.3) is 0 Å². The van der Waals surface area contributed by atoms with Gasteiger partial charge in [-0.15, -0.1) is 0 Å². The van der Waals surface area contributed by atoms with Gasteiger partial charge in [0, 0.05) is 10.7 Å². The number of carbonyl (C=O) groups excluding carboxylic acids is 2. The summed E-state index contributed by atoms with van der Waals surface area (Å²) in [6.45, 7) is 8.77. The van der Waals surface area contributed by atoms with Crippen LogP contribution >= 0.6 is 11.6 Å². The van der Waals surface area contributed by atoms with Gasteiger partial charge in [-0.3, -0.25) is 9.59 Å². The number of amides is 2. The normalized spacial score (nSPS) is 11.2. The van der Waals surface area contributed by atoms with Crippen molar-refractivity contribution in [3.8, 4) is 5.75 Å². The Labute approximate surface area is 165 Å². The average Bonchev–Trinajstić information content (AvgIpc) is 2.60. The lowest BCUT2D eigenvalue weighted by Gasteiger charge is -2.24. The largest absolute Gasteiger partial charge is 0.489 e. The van der Waals surface area contributed by atoms with Gasteiger partial charge in [0.25, 0.3) is 0 Å². The molecule has 144 valence electrons. The van der Waals surface area contributed by atoms with Gasteiger partial charge in [-0.25, -0.2) is 0 Å². The lowest BCUT2D eigenvalue weighted by atomic mass is 9.90. The molecule has 0 saturated carbocycles. The van der Waals surface area contributed by atoms with Crippen LogP contribution in [0.3, 0.4) is 0 Å². The maximum atomic E-state index is 12.8. The monoisotopic (exact) mass is 388 g/mol. The first-order chi connectivity index (χ1) is 12.6. The van der Waals surface area contributed by atoms with Gasteiger partial charge in [0.05, 0.1) is 11.8 Å². The van der Waals surface area contributed by atoms with Crippen LogP contribution < -0.4 is 15.4 Å². The highest BCUT2D eigenvalue weighted by molar-refractivity contribution is 6.31. The molecule has 2 aromatic carbocycles. The Morgan fingerprint density at radius 1 is 0.963 bits per heavy atom. The second-order valence-electron chi connectivity index (χ2n) is 7.11. The number of nitrogens with one attached hydrogen (secondary N) is 2. The van der Waals surface area contributed by atoms with Crippen molar-refractivity contribution in [3.63, 3.8) is 0 Å². The Bertz CT molecular complexity index is 847. The molecule has 0 bridgehead atoms. The molecular weight excluding hydrogens is 364 g/mol. The number of para-hydroxylation sites is 2. The SMILES string of the molecule is Cc1c(Cl)cccc1NC(=O)C(C)(C)C(=O)Nc1ccccc1OC(C)C. The predicted octanol–water partition coefficient (Wildman–Crippen LogP) is 5.04. The van der Waals surface area contributed by atoms with Crippen LogP contribution in [0, 0.1) is 12.3 Å². The van der Waals surface area contributed by atoms with Crippen molar-refractivity contribution < 1.29 is 14.3 Å². The number of hydrogen-bond donors (Lipinski definition) is 2. The average molecular weight is 389 g/mol. The van der Waals surface area contributed by atoms with Gasteiger partial charge < -0.3 is 15.4 Å². The van der Waals surface area contributed by atoms with Crippen molar-refractivity contribution in [2.24, 2.45) is 5.41 Å². The van der Waals surface area contributed by atoms with Gasteiger partial charge in [0.1, 0.15) is 11.2 Å². The van der Waals surface area contributed by atoms with Gasteiger partial charge in [-0.1, -0.05) is 29.8 Å². The zero-order chi connectivity index (χ0) is 20.2. The maximum Gasteiger partial charge on any atom is 0.239 e. The molecule has 0 saturated heterocycles. The van der Waals surface area contributed by atoms with Crippen LogP contribution in [-0.4, -0.2) is 17.9 Å². The zero-order valence-corrected chi connectivity index (χ0v) is 17.0. The first-order valence-electron chi connectivity index (χ1n) is 8.76. The van der Waals surface area contributed by atoms with Crippen LogP contribution in [0.15, 0.2) is 42.5 Å². The van der Waals surface area contributed by atoms with Gasteiger partial charge >= 0.3 is 0 Å². The molecule has 6 heteroatoms. The molecule has 0 aliphatic rings. The minimum atomic E-state index is -1.31. The van der Waals surface area contributed by atoms with E-state index in [2.05, 4.69) is 10.6 Å². The molecule has 0 aliphatic heterocycles. The minimum Gasteiger partial charge on any atom is -0.489 e. The lowest BCUT2D eigenvalue weighted by molar-refractivity contribution is -0.135. The van der Waals surface area contributed by atoms with E-state index in [-0.39, 0.29) is 6.10 Å². The third-order valence-corrected chi connectivity index (χ3v) is 4.56. The third-order valence-electron chi connectivity index (χ3n) is 4.15. The van der Waals surface area contributed by atoms with E-state index in [1.54, 1.807) is 50.2 Å². The molecule has 0 spiro atoms. The summed E-state index contributed by atoms with van der Waals surface area (Å²) in [6.07, 6.45) is -0.0369. The summed E-state index contributed by atoms with van der Waals surface area (Å²) in [5.41, 5.74) is 0.548. The molecule has 0 unspecified atom stereocenters. The van der Waals surface area contributed by atoms with Crippen molar-refractivity contribution >= 4 is 34.8 Å². The minimum absolute atomic E-state index is 0.0369. The third kappa shape index (κ3) is 5.01. The first kappa shape index (κ1) is 20.8. The topological polar surface area (TPSA) is 67.4 Å². The second kappa shape index (κ2) is 8.44. The molecule has 0 aliphatic carbocycles. The van der Waals surface area contributed by atoms with Crippen LogP contribution in [0.1, 0.15) is 33.3 Å². The second-order valence-corrected chi connectivity index (χ2v) is 7.52. The maximum absolute atomic E-state index is 12.8. The molecule has 0 fully saturated rings. The Balaban J connectivity index is 2.17. The molecule has 0 radical (unpaired) electrons. The van der Waals surface area contributed by atoms with Crippen molar-refractivity contribution in [3.05, 3.63) is 53.1 Å². The van der Waals surface area contributed by atoms with Crippen molar-refractivity contribution in [2.45, 2.75) is 40.7 Å². The van der Waals surface area contributed by atoms with E-state index in [0.717, 1.165) is 5.56 Å². The van der Waals surface area contributed by atoms with Gasteiger partial charge in [0.2, 0.25) is 11.8 Å². The van der Waals surface area contributed by atoms with E-state index in [1.165, 1.54) is 0 Å². The van der Waals surface area contributed by atoms with E-state index in [0.29, 0.717) is 22.1 Å². The summed E-state index contributed by atoms with van der Waals surface area (Å²) in [5, 5.41) is 6.14. The van der Waals surface area contributed by atoms with Crippen molar-refractivity contribution in [1.82, 2.24) is 0 Å². The Morgan fingerprint density at radius 3 is 2.15 bits per heavy atom. The highest BCUT2D eigenvalue weighted by Gasteiger charge is 2.36. The number of ether oxygens (including phenoxy) is 1. The van der Waals surface area contributed by atoms with Gasteiger partial charge in [0.15, 0.2) is 0 Å². The molecular formula is C21H25ClN2O3. The molecule has 2 rings (SSSR count). The molecule has 27 heavy (non-hydrogen) atoms. The van der Waals surface area contributed by atoms with E-state index < -0.39 is 17.2 Å². The highest BCUT2D eigenvalue weighted by atomic mass is 35.5. The molecule has 2 amide bonds. The smallest absolute Gasteiger partial charge is 0.239 e. The van der Waals surface area contributed by atoms with E-state index in [1.807, 2.05) is 26.8 Å². The fraction of sp³-hybridized carbons (Fsp3) is 0.333. The van der Waals surface area contributed by atoms with Crippen LogP contribution in [0.2, 0.25) is 5.02 Å². The molecule has 2 N–H and O–H groups in total. The van der Waals surface area contributed by atoms with Gasteiger partial charge in [-0.2, -0.15) is 0 Å². The summed E-state index contributed by atoms with van der Waals surface area (Å²) in [7, 11) is 0. The van der Waals surface area contributed by atoms with Crippen molar-refractivity contribution in [1.29, 1.82) is 0 Å². The fourth-order valence-electron chi connectivity index (χ4n) is 2.33. The molecule has 5 nitrogen and oxygen atoms in total. The number of rotatable bonds is 6.